The molecule has 0 aromatic carbocycles. The number of rotatable bonds is 4. The van der Waals surface area contributed by atoms with Gasteiger partial charge in [-0.05, 0) is 41.5 Å². The third-order valence-corrected chi connectivity index (χ3v) is 3.75. The van der Waals surface area contributed by atoms with Gasteiger partial charge in [-0.15, -0.1) is 0 Å². The van der Waals surface area contributed by atoms with E-state index in [1.807, 2.05) is 41.5 Å². The maximum absolute atomic E-state index is 13.4. The smallest absolute Gasteiger partial charge is 0.231 e. The molecule has 148 valence electrons. The first-order valence-electron chi connectivity index (χ1n) is 9.01. The van der Waals surface area contributed by atoms with Gasteiger partial charge in [-0.1, -0.05) is 27.7 Å². The number of aryl methyl sites for hydroxylation is 2. The van der Waals surface area contributed by atoms with Crippen molar-refractivity contribution in [3.05, 3.63) is 34.7 Å². The predicted octanol–water partition coefficient (Wildman–Crippen LogP) is 5.64. The molecule has 0 amide bonds. The topological polar surface area (TPSA) is 72.3 Å². The van der Waals surface area contributed by atoms with Gasteiger partial charge in [0.15, 0.2) is 5.67 Å². The molecule has 26 heavy (non-hydrogen) atoms. The molecule has 0 spiro atoms. The van der Waals surface area contributed by atoms with Crippen LogP contribution in [0.3, 0.4) is 0 Å². The molecule has 0 unspecified atom stereocenters. The summed E-state index contributed by atoms with van der Waals surface area (Å²) in [7, 11) is 0. The minimum absolute atomic E-state index is 0.175. The van der Waals surface area contributed by atoms with Crippen molar-refractivity contribution in [1.29, 1.82) is 0 Å². The molecule has 2 aromatic rings. The fourth-order valence-electron chi connectivity index (χ4n) is 2.40. The molecule has 0 atom stereocenters. The molecule has 0 aliphatic rings. The Morgan fingerprint density at radius 3 is 1.35 bits per heavy atom. The number of aromatic nitrogens is 2. The Balaban J connectivity index is 0.000000260. The zero-order valence-electron chi connectivity index (χ0n) is 17.7. The summed E-state index contributed by atoms with van der Waals surface area (Å²) in [6.45, 7) is 18.1. The van der Waals surface area contributed by atoms with Gasteiger partial charge in [0.25, 0.3) is 0 Å². The molecule has 6 heteroatoms. The molecular weight excluding hydrogens is 335 g/mol. The summed E-state index contributed by atoms with van der Waals surface area (Å²) in [6, 6.07) is 0. The fourth-order valence-corrected chi connectivity index (χ4v) is 2.40. The van der Waals surface area contributed by atoms with Crippen molar-refractivity contribution in [2.45, 2.75) is 92.3 Å². The Morgan fingerprint density at radius 1 is 0.808 bits per heavy atom. The predicted molar refractivity (Wildman–Crippen MR) is 100 cm³/mol. The second-order valence-corrected chi connectivity index (χ2v) is 8.28. The molecule has 1 N–H and O–H groups in total. The number of alkyl halides is 1. The van der Waals surface area contributed by atoms with E-state index in [-0.39, 0.29) is 11.8 Å². The molecule has 0 aliphatic heterocycles. The summed E-state index contributed by atoms with van der Waals surface area (Å²) >= 11 is 0. The third-order valence-electron chi connectivity index (χ3n) is 3.75. The quantitative estimate of drug-likeness (QED) is 0.755. The largest absolute Gasteiger partial charge is 0.442 e. The average Bonchev–Trinajstić information content (AvgIpc) is 3.01. The highest BCUT2D eigenvalue weighted by molar-refractivity contribution is 5.14. The van der Waals surface area contributed by atoms with Crippen molar-refractivity contribution in [2.24, 2.45) is 0 Å². The monoisotopic (exact) mass is 368 g/mol. The molecule has 0 fully saturated rings. The Morgan fingerprint density at radius 2 is 1.15 bits per heavy atom. The summed E-state index contributed by atoms with van der Waals surface area (Å²) in [6.07, 6.45) is 0. The van der Waals surface area contributed by atoms with Gasteiger partial charge in [0, 0.05) is 11.8 Å². The number of nitrogens with zero attached hydrogens (tertiary/aromatic N) is 2. The second kappa shape index (κ2) is 7.91. The lowest BCUT2D eigenvalue weighted by Gasteiger charge is -2.11. The first kappa shape index (κ1) is 22.4. The molecule has 5 nitrogen and oxygen atoms in total. The average molecular weight is 368 g/mol. The lowest BCUT2D eigenvalue weighted by molar-refractivity contribution is 0.0468. The Bertz CT molecular complexity index is 654. The summed E-state index contributed by atoms with van der Waals surface area (Å²) in [5, 5.41) is 9.65. The van der Waals surface area contributed by atoms with Crippen LogP contribution >= 0.6 is 0 Å². The summed E-state index contributed by atoms with van der Waals surface area (Å²) < 4.78 is 24.3. The van der Waals surface area contributed by atoms with E-state index >= 15 is 0 Å². The normalized spacial score (nSPS) is 12.5. The molecule has 0 saturated carbocycles. The standard InChI is InChI=1S/C10H16FNO.C10H17NO2/c1-6(2)8-7(3)12-9(13-8)10(4,5)11;1-6(2)8-7(3)11-9(13-8)10(4,5)12/h6H,1-5H3;6,12H,1-5H3. The highest BCUT2D eigenvalue weighted by Crippen LogP contribution is 2.29. The van der Waals surface area contributed by atoms with E-state index < -0.39 is 11.3 Å². The zero-order valence-corrected chi connectivity index (χ0v) is 17.7. The van der Waals surface area contributed by atoms with Gasteiger partial charge < -0.3 is 13.9 Å². The van der Waals surface area contributed by atoms with Gasteiger partial charge in [-0.3, -0.25) is 0 Å². The van der Waals surface area contributed by atoms with Crippen molar-refractivity contribution in [2.75, 3.05) is 0 Å². The van der Waals surface area contributed by atoms with E-state index in [9.17, 15) is 9.50 Å². The van der Waals surface area contributed by atoms with E-state index in [0.717, 1.165) is 22.9 Å². The molecule has 0 aliphatic carbocycles. The van der Waals surface area contributed by atoms with Crippen molar-refractivity contribution in [3.63, 3.8) is 0 Å². The molecule has 0 saturated heterocycles. The van der Waals surface area contributed by atoms with Crippen molar-refractivity contribution in [1.82, 2.24) is 9.97 Å². The van der Waals surface area contributed by atoms with Crippen LogP contribution in [0.1, 0.15) is 102 Å². The molecule has 2 rings (SSSR count). The van der Waals surface area contributed by atoms with Gasteiger partial charge in [-0.25, -0.2) is 14.4 Å². The van der Waals surface area contributed by atoms with Crippen molar-refractivity contribution >= 4 is 0 Å². The van der Waals surface area contributed by atoms with Crippen LogP contribution in [0.5, 0.6) is 0 Å². The molecule has 2 heterocycles. The van der Waals surface area contributed by atoms with Crippen LogP contribution in [0.4, 0.5) is 4.39 Å². The van der Waals surface area contributed by atoms with Crippen LogP contribution in [0.2, 0.25) is 0 Å². The lowest BCUT2D eigenvalue weighted by atomic mass is 10.1. The third kappa shape index (κ3) is 5.66. The van der Waals surface area contributed by atoms with Crippen LogP contribution in [0, 0.1) is 13.8 Å². The van der Waals surface area contributed by atoms with E-state index in [0.29, 0.717) is 11.8 Å². The van der Waals surface area contributed by atoms with Crippen LogP contribution in [-0.2, 0) is 11.3 Å². The summed E-state index contributed by atoms with van der Waals surface area (Å²) in [5.41, 5.74) is -0.821. The van der Waals surface area contributed by atoms with Crippen LogP contribution in [-0.4, -0.2) is 15.1 Å². The van der Waals surface area contributed by atoms with Gasteiger partial charge in [-0.2, -0.15) is 0 Å². The van der Waals surface area contributed by atoms with Crippen molar-refractivity contribution < 1.29 is 18.3 Å². The maximum Gasteiger partial charge on any atom is 0.231 e. The number of hydrogen-bond acceptors (Lipinski definition) is 5. The summed E-state index contributed by atoms with van der Waals surface area (Å²) in [4.78, 5) is 8.25. The van der Waals surface area contributed by atoms with Gasteiger partial charge in [0.2, 0.25) is 11.8 Å². The minimum atomic E-state index is -1.49. The second-order valence-electron chi connectivity index (χ2n) is 8.28. The Kier molecular flexibility index (Phi) is 6.80. The SMILES string of the molecule is Cc1nc(C(C)(C)F)oc1C(C)C.Cc1nc(C(C)(C)O)oc1C(C)C. The Labute approximate surface area is 156 Å². The van der Waals surface area contributed by atoms with Gasteiger partial charge in [0.05, 0.1) is 11.4 Å². The van der Waals surface area contributed by atoms with Crippen LogP contribution in [0.25, 0.3) is 0 Å². The molecule has 0 radical (unpaired) electrons. The molecular formula is C20H33FN2O3. The molecule has 0 bridgehead atoms. The van der Waals surface area contributed by atoms with E-state index in [4.69, 9.17) is 8.83 Å². The highest BCUT2D eigenvalue weighted by Gasteiger charge is 2.27. The highest BCUT2D eigenvalue weighted by atomic mass is 19.1. The van der Waals surface area contributed by atoms with Crippen LogP contribution in [0.15, 0.2) is 8.83 Å². The van der Waals surface area contributed by atoms with E-state index in [2.05, 4.69) is 9.97 Å². The van der Waals surface area contributed by atoms with Crippen LogP contribution < -0.4 is 0 Å². The van der Waals surface area contributed by atoms with E-state index in [1.165, 1.54) is 13.8 Å². The lowest BCUT2D eigenvalue weighted by Crippen LogP contribution is -2.15. The number of halogens is 1. The van der Waals surface area contributed by atoms with E-state index in [1.54, 1.807) is 13.8 Å². The fraction of sp³-hybridized carbons (Fsp3) is 0.700. The first-order valence-corrected chi connectivity index (χ1v) is 9.01. The number of aliphatic hydroxyl groups is 1. The van der Waals surface area contributed by atoms with Gasteiger partial charge >= 0.3 is 0 Å². The minimum Gasteiger partial charge on any atom is -0.442 e. The zero-order chi connectivity index (χ0) is 20.4. The molecule has 2 aromatic heterocycles. The maximum atomic E-state index is 13.4. The number of hydrogen-bond donors (Lipinski definition) is 1. The summed E-state index contributed by atoms with van der Waals surface area (Å²) in [5.74, 6) is 2.77. The Hall–Kier alpha value is -1.69. The van der Waals surface area contributed by atoms with Gasteiger partial charge in [0.1, 0.15) is 17.1 Å². The first-order chi connectivity index (χ1) is 11.6. The number of oxazole rings is 2. The van der Waals surface area contributed by atoms with Crippen molar-refractivity contribution in [3.8, 4) is 0 Å².